The summed E-state index contributed by atoms with van der Waals surface area (Å²) >= 11 is 0. The van der Waals surface area contributed by atoms with Crippen molar-refractivity contribution >= 4 is 23.5 Å². The van der Waals surface area contributed by atoms with Crippen molar-refractivity contribution < 1.29 is 28.6 Å². The van der Waals surface area contributed by atoms with E-state index in [4.69, 9.17) is 14.2 Å². The SMILES string of the molecule is O=C(COC(=O)CNC(=O)C1CCCCC1)Nc1ccc2c(c1)OCO2. The van der Waals surface area contributed by atoms with Gasteiger partial charge in [0.1, 0.15) is 6.54 Å². The number of benzene rings is 1. The van der Waals surface area contributed by atoms with Gasteiger partial charge >= 0.3 is 5.97 Å². The molecule has 140 valence electrons. The molecule has 1 fully saturated rings. The molecule has 8 nitrogen and oxygen atoms in total. The van der Waals surface area contributed by atoms with Crippen LogP contribution in [0.4, 0.5) is 5.69 Å². The first-order valence-electron chi connectivity index (χ1n) is 8.74. The van der Waals surface area contributed by atoms with E-state index in [1.54, 1.807) is 18.2 Å². The van der Waals surface area contributed by atoms with Crippen molar-refractivity contribution in [2.45, 2.75) is 32.1 Å². The topological polar surface area (TPSA) is 103 Å². The lowest BCUT2D eigenvalue weighted by atomic mass is 9.89. The molecule has 8 heteroatoms. The standard InChI is InChI=1S/C18H22N2O6/c21-16(20-13-6-7-14-15(8-13)26-11-25-14)10-24-17(22)9-19-18(23)12-4-2-1-3-5-12/h6-8,12H,1-5,9-11H2,(H,19,23)(H,20,21). The predicted octanol–water partition coefficient (Wildman–Crippen LogP) is 1.59. The first-order valence-corrected chi connectivity index (χ1v) is 8.74. The van der Waals surface area contributed by atoms with Crippen molar-refractivity contribution in [1.29, 1.82) is 0 Å². The summed E-state index contributed by atoms with van der Waals surface area (Å²) in [4.78, 5) is 35.5. The third kappa shape index (κ3) is 4.87. The summed E-state index contributed by atoms with van der Waals surface area (Å²) in [5, 5.41) is 5.18. The largest absolute Gasteiger partial charge is 0.454 e. The molecule has 0 unspecified atom stereocenters. The van der Waals surface area contributed by atoms with Crippen LogP contribution in [-0.2, 0) is 19.1 Å². The Balaban J connectivity index is 1.36. The molecular formula is C18H22N2O6. The number of fused-ring (bicyclic) bond motifs is 1. The van der Waals surface area contributed by atoms with Crippen LogP contribution in [0.1, 0.15) is 32.1 Å². The second-order valence-corrected chi connectivity index (χ2v) is 6.33. The van der Waals surface area contributed by atoms with Crippen LogP contribution in [0.3, 0.4) is 0 Å². The summed E-state index contributed by atoms with van der Waals surface area (Å²) in [6.07, 6.45) is 4.97. The molecule has 1 aromatic rings. The third-order valence-corrected chi connectivity index (χ3v) is 4.40. The van der Waals surface area contributed by atoms with Crippen LogP contribution in [0.25, 0.3) is 0 Å². The van der Waals surface area contributed by atoms with E-state index in [0.29, 0.717) is 17.2 Å². The molecule has 2 amide bonds. The number of rotatable bonds is 6. The van der Waals surface area contributed by atoms with Gasteiger partial charge in [-0.1, -0.05) is 19.3 Å². The first kappa shape index (κ1) is 18.0. The number of esters is 1. The van der Waals surface area contributed by atoms with Crippen LogP contribution >= 0.6 is 0 Å². The Labute approximate surface area is 151 Å². The van der Waals surface area contributed by atoms with Crippen LogP contribution in [-0.4, -0.2) is 37.7 Å². The first-order chi connectivity index (χ1) is 12.6. The van der Waals surface area contributed by atoms with Crippen LogP contribution in [0.5, 0.6) is 11.5 Å². The lowest BCUT2D eigenvalue weighted by Crippen LogP contribution is -2.36. The molecule has 1 aromatic carbocycles. The van der Waals surface area contributed by atoms with E-state index >= 15 is 0 Å². The zero-order valence-corrected chi connectivity index (χ0v) is 14.4. The van der Waals surface area contributed by atoms with Crippen molar-refractivity contribution in [3.63, 3.8) is 0 Å². The maximum atomic E-state index is 12.0. The molecule has 1 saturated carbocycles. The van der Waals surface area contributed by atoms with Gasteiger partial charge in [0, 0.05) is 17.7 Å². The van der Waals surface area contributed by atoms with Crippen LogP contribution < -0.4 is 20.1 Å². The normalized spacial score (nSPS) is 16.0. The van der Waals surface area contributed by atoms with E-state index in [0.717, 1.165) is 32.1 Å². The quantitative estimate of drug-likeness (QED) is 0.745. The number of nitrogens with one attached hydrogen (secondary N) is 2. The molecule has 0 bridgehead atoms. The number of amides is 2. The molecule has 1 heterocycles. The van der Waals surface area contributed by atoms with E-state index < -0.39 is 18.5 Å². The fraction of sp³-hybridized carbons (Fsp3) is 0.500. The van der Waals surface area contributed by atoms with Crippen molar-refractivity contribution in [3.05, 3.63) is 18.2 Å². The predicted molar refractivity (Wildman–Crippen MR) is 91.7 cm³/mol. The highest BCUT2D eigenvalue weighted by atomic mass is 16.7. The van der Waals surface area contributed by atoms with Gasteiger partial charge in [-0.3, -0.25) is 14.4 Å². The summed E-state index contributed by atoms with van der Waals surface area (Å²) in [6, 6.07) is 4.98. The van der Waals surface area contributed by atoms with Crippen molar-refractivity contribution in [2.75, 3.05) is 25.3 Å². The third-order valence-electron chi connectivity index (χ3n) is 4.40. The lowest BCUT2D eigenvalue weighted by molar-refractivity contribution is -0.147. The Morgan fingerprint density at radius 2 is 1.85 bits per heavy atom. The minimum absolute atomic E-state index is 0.0224. The van der Waals surface area contributed by atoms with Gasteiger partial charge < -0.3 is 24.8 Å². The molecule has 0 radical (unpaired) electrons. The zero-order chi connectivity index (χ0) is 18.4. The molecule has 0 saturated heterocycles. The van der Waals surface area contributed by atoms with Gasteiger partial charge in [0.15, 0.2) is 18.1 Å². The maximum absolute atomic E-state index is 12.0. The highest BCUT2D eigenvalue weighted by Gasteiger charge is 2.21. The summed E-state index contributed by atoms with van der Waals surface area (Å²) in [5.74, 6) is -0.100. The number of hydrogen-bond acceptors (Lipinski definition) is 6. The van der Waals surface area contributed by atoms with Gasteiger partial charge in [-0.05, 0) is 25.0 Å². The van der Waals surface area contributed by atoms with E-state index in [-0.39, 0.29) is 25.2 Å². The fourth-order valence-electron chi connectivity index (χ4n) is 3.04. The fourth-order valence-corrected chi connectivity index (χ4v) is 3.04. The van der Waals surface area contributed by atoms with E-state index in [2.05, 4.69) is 10.6 Å². The van der Waals surface area contributed by atoms with Gasteiger partial charge in [-0.2, -0.15) is 0 Å². The Bertz CT molecular complexity index is 684. The van der Waals surface area contributed by atoms with Gasteiger partial charge in [-0.25, -0.2) is 0 Å². The Morgan fingerprint density at radius 3 is 2.65 bits per heavy atom. The van der Waals surface area contributed by atoms with Gasteiger partial charge in [0.25, 0.3) is 5.91 Å². The molecule has 0 atom stereocenters. The monoisotopic (exact) mass is 362 g/mol. The number of ether oxygens (including phenoxy) is 3. The molecule has 1 aliphatic heterocycles. The van der Waals surface area contributed by atoms with Crippen molar-refractivity contribution in [2.24, 2.45) is 5.92 Å². The van der Waals surface area contributed by atoms with E-state index in [1.807, 2.05) is 0 Å². The summed E-state index contributed by atoms with van der Waals surface area (Å²) in [7, 11) is 0. The van der Waals surface area contributed by atoms with Crippen LogP contribution in [0, 0.1) is 5.92 Å². The van der Waals surface area contributed by atoms with Gasteiger partial charge in [0.2, 0.25) is 12.7 Å². The summed E-state index contributed by atoms with van der Waals surface area (Å²) in [6.45, 7) is -0.504. The van der Waals surface area contributed by atoms with E-state index in [9.17, 15) is 14.4 Å². The Kier molecular flexibility index (Phi) is 5.93. The Morgan fingerprint density at radius 1 is 1.08 bits per heavy atom. The maximum Gasteiger partial charge on any atom is 0.325 e. The van der Waals surface area contributed by atoms with Gasteiger partial charge in [0.05, 0.1) is 0 Å². The van der Waals surface area contributed by atoms with E-state index in [1.165, 1.54) is 0 Å². The molecular weight excluding hydrogens is 340 g/mol. The second-order valence-electron chi connectivity index (χ2n) is 6.33. The number of carbonyl (C=O) groups excluding carboxylic acids is 3. The molecule has 26 heavy (non-hydrogen) atoms. The van der Waals surface area contributed by atoms with Crippen molar-refractivity contribution in [3.8, 4) is 11.5 Å². The number of hydrogen-bond donors (Lipinski definition) is 2. The molecule has 2 N–H and O–H groups in total. The molecule has 2 aliphatic rings. The Hall–Kier alpha value is -2.77. The zero-order valence-electron chi connectivity index (χ0n) is 14.4. The molecule has 1 aliphatic carbocycles. The van der Waals surface area contributed by atoms with Crippen LogP contribution in [0.15, 0.2) is 18.2 Å². The minimum atomic E-state index is -0.644. The van der Waals surface area contributed by atoms with Crippen molar-refractivity contribution in [1.82, 2.24) is 5.32 Å². The smallest absolute Gasteiger partial charge is 0.325 e. The van der Waals surface area contributed by atoms with Gasteiger partial charge in [-0.15, -0.1) is 0 Å². The number of carbonyl (C=O) groups is 3. The number of anilines is 1. The van der Waals surface area contributed by atoms with Crippen LogP contribution in [0.2, 0.25) is 0 Å². The lowest BCUT2D eigenvalue weighted by Gasteiger charge is -2.20. The average molecular weight is 362 g/mol. The molecule has 3 rings (SSSR count). The highest BCUT2D eigenvalue weighted by Crippen LogP contribution is 2.34. The minimum Gasteiger partial charge on any atom is -0.454 e. The summed E-state index contributed by atoms with van der Waals surface area (Å²) in [5.41, 5.74) is 0.515. The molecule has 0 aromatic heterocycles. The average Bonchev–Trinajstić information content (AvgIpc) is 3.13. The molecule has 0 spiro atoms. The second kappa shape index (κ2) is 8.55. The highest BCUT2D eigenvalue weighted by molar-refractivity contribution is 5.93. The summed E-state index contributed by atoms with van der Waals surface area (Å²) < 4.78 is 15.3.